The lowest BCUT2D eigenvalue weighted by Gasteiger charge is -2.26. The minimum atomic E-state index is -2.81. The standard InChI is InChI=1S/C23H32N6O3S/c1-4-5-6-19-26-20-21(23(32-15(2)3)28-27-22(20)24)29(19)12-17-9-7-16(8-10-17)11-25-18-13-33(30,31)14-18/h7-10,15,18,25H,4-6,11-14H2,1-3H3,(H2,24,27). The Kier molecular flexibility index (Phi) is 6.85. The van der Waals surface area contributed by atoms with Crippen LogP contribution in [0.4, 0.5) is 5.82 Å². The van der Waals surface area contributed by atoms with E-state index in [1.807, 2.05) is 13.8 Å². The molecule has 3 N–H and O–H groups in total. The third-order valence-electron chi connectivity index (χ3n) is 5.71. The minimum absolute atomic E-state index is 0.0500. The Morgan fingerprint density at radius 3 is 2.52 bits per heavy atom. The number of ether oxygens (including phenoxy) is 1. The van der Waals surface area contributed by atoms with Crippen molar-refractivity contribution in [1.82, 2.24) is 25.1 Å². The largest absolute Gasteiger partial charge is 0.472 e. The predicted octanol–water partition coefficient (Wildman–Crippen LogP) is 2.47. The van der Waals surface area contributed by atoms with Crippen molar-refractivity contribution in [3.8, 4) is 5.88 Å². The van der Waals surface area contributed by atoms with Gasteiger partial charge in [0.15, 0.2) is 15.7 Å². The number of unbranched alkanes of at least 4 members (excludes halogenated alkanes) is 1. The zero-order chi connectivity index (χ0) is 23.6. The van der Waals surface area contributed by atoms with Gasteiger partial charge in [-0.2, -0.15) is 0 Å². The summed E-state index contributed by atoms with van der Waals surface area (Å²) in [5, 5.41) is 11.6. The van der Waals surface area contributed by atoms with E-state index in [-0.39, 0.29) is 23.7 Å². The average Bonchev–Trinajstić information content (AvgIpc) is 3.11. The number of nitrogen functional groups attached to an aromatic ring is 1. The normalized spacial score (nSPS) is 15.8. The molecule has 1 aliphatic heterocycles. The molecule has 4 rings (SSSR count). The number of nitrogens with two attached hydrogens (primary N) is 1. The van der Waals surface area contributed by atoms with Gasteiger partial charge in [-0.3, -0.25) is 0 Å². The smallest absolute Gasteiger partial charge is 0.260 e. The van der Waals surface area contributed by atoms with E-state index in [1.54, 1.807) is 0 Å². The lowest BCUT2D eigenvalue weighted by molar-refractivity contribution is 0.232. The number of fused-ring (bicyclic) bond motifs is 1. The van der Waals surface area contributed by atoms with Gasteiger partial charge >= 0.3 is 0 Å². The molecule has 1 saturated heterocycles. The predicted molar refractivity (Wildman–Crippen MR) is 129 cm³/mol. The number of benzene rings is 1. The number of sulfone groups is 1. The van der Waals surface area contributed by atoms with Crippen LogP contribution < -0.4 is 15.8 Å². The lowest BCUT2D eigenvalue weighted by atomic mass is 10.1. The molecule has 1 fully saturated rings. The number of rotatable bonds is 10. The molecule has 10 heteroatoms. The fourth-order valence-corrected chi connectivity index (χ4v) is 5.34. The Hall–Kier alpha value is -2.72. The van der Waals surface area contributed by atoms with Crippen LogP contribution in [0.25, 0.3) is 11.0 Å². The van der Waals surface area contributed by atoms with E-state index in [2.05, 4.69) is 51.3 Å². The second-order valence-electron chi connectivity index (χ2n) is 8.94. The minimum Gasteiger partial charge on any atom is -0.472 e. The highest BCUT2D eigenvalue weighted by atomic mass is 32.2. The summed E-state index contributed by atoms with van der Waals surface area (Å²) < 4.78 is 30.7. The highest BCUT2D eigenvalue weighted by Crippen LogP contribution is 2.29. The van der Waals surface area contributed by atoms with E-state index < -0.39 is 9.84 Å². The molecule has 178 valence electrons. The number of nitrogens with one attached hydrogen (secondary N) is 1. The molecule has 0 bridgehead atoms. The van der Waals surface area contributed by atoms with Crippen molar-refractivity contribution in [3.05, 3.63) is 41.2 Å². The van der Waals surface area contributed by atoms with Crippen LogP contribution >= 0.6 is 0 Å². The van der Waals surface area contributed by atoms with Crippen molar-refractivity contribution in [1.29, 1.82) is 0 Å². The first-order valence-electron chi connectivity index (χ1n) is 11.4. The molecule has 1 aromatic carbocycles. The molecule has 0 aliphatic carbocycles. The first-order chi connectivity index (χ1) is 15.8. The molecule has 0 radical (unpaired) electrons. The van der Waals surface area contributed by atoms with Crippen molar-refractivity contribution in [2.75, 3.05) is 17.2 Å². The summed E-state index contributed by atoms with van der Waals surface area (Å²) >= 11 is 0. The zero-order valence-electron chi connectivity index (χ0n) is 19.4. The number of aryl methyl sites for hydroxylation is 1. The van der Waals surface area contributed by atoms with Crippen molar-refractivity contribution in [2.24, 2.45) is 0 Å². The van der Waals surface area contributed by atoms with Crippen LogP contribution in [0.5, 0.6) is 5.88 Å². The van der Waals surface area contributed by atoms with Gasteiger partial charge in [-0.05, 0) is 31.4 Å². The summed E-state index contributed by atoms with van der Waals surface area (Å²) in [5.74, 6) is 2.15. The molecule has 9 nitrogen and oxygen atoms in total. The van der Waals surface area contributed by atoms with Crippen molar-refractivity contribution < 1.29 is 13.2 Å². The maximum atomic E-state index is 11.3. The molecule has 0 saturated carbocycles. The fraction of sp³-hybridized carbons (Fsp3) is 0.522. The van der Waals surface area contributed by atoms with E-state index in [0.29, 0.717) is 30.3 Å². The molecular weight excluding hydrogens is 440 g/mol. The summed E-state index contributed by atoms with van der Waals surface area (Å²) in [6.07, 6.45) is 2.87. The van der Waals surface area contributed by atoms with E-state index in [9.17, 15) is 8.42 Å². The van der Waals surface area contributed by atoms with Gasteiger partial charge in [0, 0.05) is 25.6 Å². The van der Waals surface area contributed by atoms with Gasteiger partial charge in [0.2, 0.25) is 0 Å². The Balaban J connectivity index is 1.58. The molecule has 3 heterocycles. The van der Waals surface area contributed by atoms with Gasteiger partial charge < -0.3 is 20.4 Å². The number of hydrogen-bond acceptors (Lipinski definition) is 8. The van der Waals surface area contributed by atoms with Crippen LogP contribution in [0.3, 0.4) is 0 Å². The number of nitrogens with zero attached hydrogens (tertiary/aromatic N) is 4. The molecule has 33 heavy (non-hydrogen) atoms. The van der Waals surface area contributed by atoms with Crippen molar-refractivity contribution >= 4 is 26.7 Å². The van der Waals surface area contributed by atoms with Gasteiger partial charge in [0.1, 0.15) is 16.9 Å². The zero-order valence-corrected chi connectivity index (χ0v) is 20.2. The van der Waals surface area contributed by atoms with E-state index in [0.717, 1.165) is 41.7 Å². The maximum Gasteiger partial charge on any atom is 0.260 e. The van der Waals surface area contributed by atoms with Crippen LogP contribution in [-0.2, 0) is 29.3 Å². The first-order valence-corrected chi connectivity index (χ1v) is 13.3. The third-order valence-corrected chi connectivity index (χ3v) is 7.53. The highest BCUT2D eigenvalue weighted by molar-refractivity contribution is 7.92. The SMILES string of the molecule is CCCCc1nc2c(N)nnc(OC(C)C)c2n1Cc1ccc(CNC2CS(=O)(=O)C2)cc1. The third kappa shape index (κ3) is 5.44. The Bertz CT molecular complexity index is 1210. The second kappa shape index (κ2) is 9.64. The Morgan fingerprint density at radius 1 is 1.18 bits per heavy atom. The van der Waals surface area contributed by atoms with Crippen LogP contribution in [0, 0.1) is 0 Å². The first kappa shape index (κ1) is 23.4. The number of hydrogen-bond donors (Lipinski definition) is 2. The quantitative estimate of drug-likeness (QED) is 0.461. The van der Waals surface area contributed by atoms with Crippen LogP contribution in [0.2, 0.25) is 0 Å². The van der Waals surface area contributed by atoms with Crippen molar-refractivity contribution in [2.45, 2.75) is 65.3 Å². The van der Waals surface area contributed by atoms with E-state index in [1.165, 1.54) is 0 Å². The number of anilines is 1. The molecule has 3 aromatic rings. The average molecular weight is 473 g/mol. The summed E-state index contributed by atoms with van der Waals surface area (Å²) in [4.78, 5) is 4.80. The molecule has 0 spiro atoms. The second-order valence-corrected chi connectivity index (χ2v) is 11.1. The van der Waals surface area contributed by atoms with E-state index in [4.69, 9.17) is 15.5 Å². The molecule has 0 amide bonds. The van der Waals surface area contributed by atoms with Gasteiger partial charge in [-0.1, -0.05) is 37.6 Å². The Morgan fingerprint density at radius 2 is 1.88 bits per heavy atom. The highest BCUT2D eigenvalue weighted by Gasteiger charge is 2.32. The summed E-state index contributed by atoms with van der Waals surface area (Å²) in [7, 11) is -2.81. The summed E-state index contributed by atoms with van der Waals surface area (Å²) in [6.45, 7) is 7.32. The van der Waals surface area contributed by atoms with Crippen LogP contribution in [0.1, 0.15) is 50.6 Å². The monoisotopic (exact) mass is 472 g/mol. The molecule has 2 aromatic heterocycles. The van der Waals surface area contributed by atoms with Crippen LogP contribution in [-0.4, -0.2) is 51.8 Å². The van der Waals surface area contributed by atoms with Crippen LogP contribution in [0.15, 0.2) is 24.3 Å². The van der Waals surface area contributed by atoms with Gasteiger partial charge in [-0.15, -0.1) is 10.2 Å². The fourth-order valence-electron chi connectivity index (χ4n) is 3.98. The maximum absolute atomic E-state index is 11.3. The molecule has 1 aliphatic rings. The van der Waals surface area contributed by atoms with Crippen molar-refractivity contribution in [3.63, 3.8) is 0 Å². The number of imidazole rings is 1. The number of aromatic nitrogens is 4. The Labute approximate surface area is 194 Å². The van der Waals surface area contributed by atoms with Gasteiger partial charge in [-0.25, -0.2) is 13.4 Å². The van der Waals surface area contributed by atoms with Gasteiger partial charge in [0.05, 0.1) is 17.6 Å². The molecular formula is C23H32N6O3S. The molecule has 0 atom stereocenters. The lowest BCUT2D eigenvalue weighted by Crippen LogP contribution is -2.50. The van der Waals surface area contributed by atoms with Gasteiger partial charge in [0.25, 0.3) is 5.88 Å². The summed E-state index contributed by atoms with van der Waals surface area (Å²) in [6, 6.07) is 8.37. The summed E-state index contributed by atoms with van der Waals surface area (Å²) in [5.41, 5.74) is 9.76. The molecule has 0 unspecified atom stereocenters. The van der Waals surface area contributed by atoms with E-state index >= 15 is 0 Å². The topological polar surface area (TPSA) is 125 Å².